The van der Waals surface area contributed by atoms with Crippen molar-refractivity contribution in [3.05, 3.63) is 29.3 Å². The van der Waals surface area contributed by atoms with Crippen LogP contribution < -0.4 is 4.74 Å². The van der Waals surface area contributed by atoms with Gasteiger partial charge in [0.2, 0.25) is 0 Å². The van der Waals surface area contributed by atoms with Crippen molar-refractivity contribution in [3.8, 4) is 5.75 Å². The predicted octanol–water partition coefficient (Wildman–Crippen LogP) is 2.29. The summed E-state index contributed by atoms with van der Waals surface area (Å²) in [7, 11) is 1.70. The quantitative estimate of drug-likeness (QED) is 0.722. The van der Waals surface area contributed by atoms with Gasteiger partial charge < -0.3 is 14.6 Å². The van der Waals surface area contributed by atoms with Gasteiger partial charge in [-0.05, 0) is 25.3 Å². The van der Waals surface area contributed by atoms with E-state index in [4.69, 9.17) is 9.47 Å². The first-order chi connectivity index (χ1) is 7.79. The maximum absolute atomic E-state index is 9.18. The molecule has 0 aliphatic rings. The highest BCUT2D eigenvalue weighted by atomic mass is 16.5. The van der Waals surface area contributed by atoms with Crippen molar-refractivity contribution in [1.82, 2.24) is 0 Å². The molecule has 0 aliphatic heterocycles. The van der Waals surface area contributed by atoms with E-state index < -0.39 is 0 Å². The van der Waals surface area contributed by atoms with Crippen molar-refractivity contribution < 1.29 is 14.6 Å². The molecule has 0 aromatic heterocycles. The number of hydrogen-bond acceptors (Lipinski definition) is 3. The molecule has 3 nitrogen and oxygen atoms in total. The summed E-state index contributed by atoms with van der Waals surface area (Å²) < 4.78 is 10.7. The van der Waals surface area contributed by atoms with Gasteiger partial charge in [0.05, 0.1) is 13.2 Å². The first-order valence-electron chi connectivity index (χ1n) is 5.60. The third-order valence-corrected chi connectivity index (χ3v) is 2.45. The number of aliphatic hydroxyl groups is 1. The fourth-order valence-electron chi connectivity index (χ4n) is 1.57. The van der Waals surface area contributed by atoms with Crippen LogP contribution in [0.5, 0.6) is 5.75 Å². The van der Waals surface area contributed by atoms with Crippen LogP contribution in [0.3, 0.4) is 0 Å². The van der Waals surface area contributed by atoms with Gasteiger partial charge in [0.15, 0.2) is 0 Å². The van der Waals surface area contributed by atoms with Crippen LogP contribution >= 0.6 is 0 Å². The number of unbranched alkanes of at least 4 members (excludes halogenated alkanes) is 1. The molecule has 0 radical (unpaired) electrons. The van der Waals surface area contributed by atoms with E-state index in [9.17, 15) is 5.11 Å². The lowest BCUT2D eigenvalue weighted by Crippen LogP contribution is -2.03. The molecule has 3 heteroatoms. The number of ether oxygens (including phenoxy) is 2. The van der Waals surface area contributed by atoms with E-state index in [1.807, 2.05) is 25.1 Å². The second-order valence-electron chi connectivity index (χ2n) is 3.77. The van der Waals surface area contributed by atoms with E-state index in [-0.39, 0.29) is 6.61 Å². The van der Waals surface area contributed by atoms with Crippen LogP contribution in [0.4, 0.5) is 0 Å². The number of rotatable bonds is 7. The molecule has 0 fully saturated rings. The Balaban J connectivity index is 2.46. The van der Waals surface area contributed by atoms with Gasteiger partial charge in [-0.2, -0.15) is 0 Å². The lowest BCUT2D eigenvalue weighted by molar-refractivity contribution is 0.183. The van der Waals surface area contributed by atoms with Gasteiger partial charge in [0.1, 0.15) is 5.75 Å². The Morgan fingerprint density at radius 2 is 1.94 bits per heavy atom. The molecule has 1 N–H and O–H groups in total. The third-order valence-electron chi connectivity index (χ3n) is 2.45. The van der Waals surface area contributed by atoms with E-state index >= 15 is 0 Å². The van der Waals surface area contributed by atoms with Crippen molar-refractivity contribution in [3.63, 3.8) is 0 Å². The van der Waals surface area contributed by atoms with Crippen molar-refractivity contribution in [2.75, 3.05) is 20.3 Å². The van der Waals surface area contributed by atoms with Crippen molar-refractivity contribution in [2.24, 2.45) is 0 Å². The molecular formula is C13H20O3. The molecule has 0 saturated heterocycles. The standard InChI is InChI=1S/C13H20O3/c1-11-6-5-7-12(10-14)13(11)16-9-4-3-8-15-2/h5-7,14H,3-4,8-10H2,1-2H3. The van der Waals surface area contributed by atoms with Crippen LogP contribution in [0.1, 0.15) is 24.0 Å². The summed E-state index contributed by atoms with van der Waals surface area (Å²) in [6, 6.07) is 5.81. The molecule has 0 heterocycles. The highest BCUT2D eigenvalue weighted by Crippen LogP contribution is 2.23. The number of methoxy groups -OCH3 is 1. The summed E-state index contributed by atoms with van der Waals surface area (Å²) in [5.41, 5.74) is 1.92. The van der Waals surface area contributed by atoms with Gasteiger partial charge in [-0.3, -0.25) is 0 Å². The second-order valence-corrected chi connectivity index (χ2v) is 3.77. The largest absolute Gasteiger partial charge is 0.493 e. The molecule has 90 valence electrons. The summed E-state index contributed by atoms with van der Waals surface area (Å²) in [6.45, 7) is 3.45. The average Bonchev–Trinajstić information content (AvgIpc) is 2.30. The van der Waals surface area contributed by atoms with E-state index in [1.165, 1.54) is 0 Å². The zero-order chi connectivity index (χ0) is 11.8. The van der Waals surface area contributed by atoms with Crippen molar-refractivity contribution >= 4 is 0 Å². The van der Waals surface area contributed by atoms with E-state index in [2.05, 4.69) is 0 Å². The molecular weight excluding hydrogens is 204 g/mol. The molecule has 1 aromatic rings. The first kappa shape index (κ1) is 13.0. The van der Waals surface area contributed by atoms with Crippen molar-refractivity contribution in [1.29, 1.82) is 0 Å². The van der Waals surface area contributed by atoms with Crippen molar-refractivity contribution in [2.45, 2.75) is 26.4 Å². The topological polar surface area (TPSA) is 38.7 Å². The molecule has 1 aromatic carbocycles. The van der Waals surface area contributed by atoms with Crippen LogP contribution in [-0.2, 0) is 11.3 Å². The molecule has 1 rings (SSSR count). The minimum Gasteiger partial charge on any atom is -0.493 e. The van der Waals surface area contributed by atoms with Crippen LogP contribution in [0.25, 0.3) is 0 Å². The van der Waals surface area contributed by atoms with Gasteiger partial charge in [0, 0.05) is 19.3 Å². The Bertz CT molecular complexity index is 310. The van der Waals surface area contributed by atoms with Crippen LogP contribution in [0, 0.1) is 6.92 Å². The van der Waals surface area contributed by atoms with Gasteiger partial charge in [-0.25, -0.2) is 0 Å². The zero-order valence-electron chi connectivity index (χ0n) is 10.0. The number of hydrogen-bond donors (Lipinski definition) is 1. The maximum atomic E-state index is 9.18. The molecule has 0 aliphatic carbocycles. The van der Waals surface area contributed by atoms with Gasteiger partial charge in [-0.1, -0.05) is 18.2 Å². The smallest absolute Gasteiger partial charge is 0.127 e. The molecule has 0 spiro atoms. The third kappa shape index (κ3) is 3.83. The van der Waals surface area contributed by atoms with Gasteiger partial charge in [0.25, 0.3) is 0 Å². The normalized spacial score (nSPS) is 10.4. The number of aliphatic hydroxyl groups excluding tert-OH is 1. The van der Waals surface area contributed by atoms with E-state index in [0.717, 1.165) is 36.3 Å². The Morgan fingerprint density at radius 3 is 2.62 bits per heavy atom. The number of para-hydroxylation sites is 1. The second kappa shape index (κ2) is 7.25. The SMILES string of the molecule is COCCCCOc1c(C)cccc1CO. The summed E-state index contributed by atoms with van der Waals surface area (Å²) in [5, 5.41) is 9.18. The first-order valence-corrected chi connectivity index (χ1v) is 5.60. The minimum atomic E-state index is 0.0229. The average molecular weight is 224 g/mol. The Hall–Kier alpha value is -1.06. The summed E-state index contributed by atoms with van der Waals surface area (Å²) in [6.07, 6.45) is 1.96. The monoisotopic (exact) mass is 224 g/mol. The summed E-state index contributed by atoms with van der Waals surface area (Å²) >= 11 is 0. The lowest BCUT2D eigenvalue weighted by Gasteiger charge is -2.12. The zero-order valence-corrected chi connectivity index (χ0v) is 10.0. The summed E-state index contributed by atoms with van der Waals surface area (Å²) in [5.74, 6) is 0.822. The van der Waals surface area contributed by atoms with Gasteiger partial charge >= 0.3 is 0 Å². The van der Waals surface area contributed by atoms with Gasteiger partial charge in [-0.15, -0.1) is 0 Å². The molecule has 0 bridgehead atoms. The molecule has 0 atom stereocenters. The number of benzene rings is 1. The Kier molecular flexibility index (Phi) is 5.90. The van der Waals surface area contributed by atoms with Crippen LogP contribution in [0.15, 0.2) is 18.2 Å². The van der Waals surface area contributed by atoms with Crippen LogP contribution in [0.2, 0.25) is 0 Å². The fourth-order valence-corrected chi connectivity index (χ4v) is 1.57. The molecule has 0 saturated carbocycles. The minimum absolute atomic E-state index is 0.0229. The highest BCUT2D eigenvalue weighted by molar-refractivity contribution is 5.40. The van der Waals surface area contributed by atoms with E-state index in [1.54, 1.807) is 7.11 Å². The molecule has 0 unspecified atom stereocenters. The summed E-state index contributed by atoms with van der Waals surface area (Å²) in [4.78, 5) is 0. The lowest BCUT2D eigenvalue weighted by atomic mass is 10.1. The van der Waals surface area contributed by atoms with Crippen LogP contribution in [-0.4, -0.2) is 25.4 Å². The highest BCUT2D eigenvalue weighted by Gasteiger charge is 2.05. The fraction of sp³-hybridized carbons (Fsp3) is 0.538. The van der Waals surface area contributed by atoms with E-state index in [0.29, 0.717) is 6.61 Å². The maximum Gasteiger partial charge on any atom is 0.127 e. The Morgan fingerprint density at radius 1 is 1.19 bits per heavy atom. The number of aryl methyl sites for hydroxylation is 1. The molecule has 0 amide bonds. The molecule has 16 heavy (non-hydrogen) atoms. The predicted molar refractivity (Wildman–Crippen MR) is 63.7 cm³/mol. The Labute approximate surface area is 97.0 Å².